The smallest absolute Gasteiger partial charge is 0.316 e. The predicted molar refractivity (Wildman–Crippen MR) is 165 cm³/mol. The first kappa shape index (κ1) is 30.5. The van der Waals surface area contributed by atoms with Crippen LogP contribution in [-0.2, 0) is 4.79 Å². The van der Waals surface area contributed by atoms with Gasteiger partial charge in [-0.1, -0.05) is 48.9 Å². The molecular formula is C34H40ClNO5. The fourth-order valence-electron chi connectivity index (χ4n) is 5.16. The van der Waals surface area contributed by atoms with Crippen molar-refractivity contribution in [3.8, 4) is 23.0 Å². The van der Waals surface area contributed by atoms with E-state index in [0.717, 1.165) is 40.1 Å². The minimum absolute atomic E-state index is 0. The molecular weight excluding hydrogens is 538 g/mol. The third-order valence-corrected chi connectivity index (χ3v) is 7.40. The van der Waals surface area contributed by atoms with Gasteiger partial charge < -0.3 is 18.9 Å². The number of esters is 1. The van der Waals surface area contributed by atoms with Crippen molar-refractivity contribution in [1.82, 2.24) is 4.90 Å². The molecule has 1 fully saturated rings. The number of hydrogen-bond donors (Lipinski definition) is 0. The molecule has 3 aromatic carbocycles. The number of fused-ring (bicyclic) bond motifs is 1. The molecule has 0 aliphatic carbocycles. The largest absolute Gasteiger partial charge is 0.496 e. The maximum Gasteiger partial charge on any atom is 0.316 e. The molecule has 0 N–H and O–H groups in total. The van der Waals surface area contributed by atoms with E-state index in [4.69, 9.17) is 18.9 Å². The van der Waals surface area contributed by atoms with Crippen LogP contribution in [0, 0.1) is 5.41 Å². The molecule has 6 nitrogen and oxygen atoms in total. The highest BCUT2D eigenvalue weighted by atomic mass is 35.5. The summed E-state index contributed by atoms with van der Waals surface area (Å²) in [5.41, 5.74) is 4.40. The van der Waals surface area contributed by atoms with Gasteiger partial charge in [-0.2, -0.15) is 0 Å². The Kier molecular flexibility index (Phi) is 10.0. The number of benzene rings is 3. The first-order valence-electron chi connectivity index (χ1n) is 14.1. The maximum absolute atomic E-state index is 12.6. The molecule has 7 heteroatoms. The van der Waals surface area contributed by atoms with Gasteiger partial charge in [0.1, 0.15) is 36.2 Å². The summed E-state index contributed by atoms with van der Waals surface area (Å²) in [5.74, 6) is 2.13. The second-order valence-electron chi connectivity index (χ2n) is 11.4. The molecule has 1 saturated heterocycles. The molecule has 0 aromatic heterocycles. The Morgan fingerprint density at radius 3 is 2.27 bits per heavy atom. The Bertz CT molecular complexity index is 1360. The number of halogens is 1. The maximum atomic E-state index is 12.6. The van der Waals surface area contributed by atoms with Crippen LogP contribution in [0.1, 0.15) is 56.7 Å². The number of rotatable bonds is 8. The molecule has 0 atom stereocenters. The van der Waals surface area contributed by atoms with E-state index in [1.54, 1.807) is 19.2 Å². The second kappa shape index (κ2) is 13.5. The van der Waals surface area contributed by atoms with Crippen LogP contribution < -0.4 is 18.9 Å². The predicted octanol–water partition coefficient (Wildman–Crippen LogP) is 7.28. The highest BCUT2D eigenvalue weighted by Gasteiger charge is 2.29. The Hall–Kier alpha value is -3.48. The summed E-state index contributed by atoms with van der Waals surface area (Å²) >= 11 is 0. The monoisotopic (exact) mass is 577 g/mol. The molecule has 0 radical (unpaired) electrons. The molecule has 2 aliphatic heterocycles. The van der Waals surface area contributed by atoms with Gasteiger partial charge >= 0.3 is 5.97 Å². The molecule has 0 unspecified atom stereocenters. The van der Waals surface area contributed by atoms with E-state index in [1.807, 2.05) is 51.1 Å². The minimum Gasteiger partial charge on any atom is -0.496 e. The van der Waals surface area contributed by atoms with Gasteiger partial charge in [0.2, 0.25) is 0 Å². The van der Waals surface area contributed by atoms with Crippen molar-refractivity contribution in [3.05, 3.63) is 83.4 Å². The first-order valence-corrected chi connectivity index (χ1v) is 14.1. The standard InChI is InChI=1S/C34H39NO5.ClH/c1-34(2,3)33(36)40-27-21-29(37-4)32-30(22-27)39-23-28(24-11-7-5-8-12-24)31(32)25-13-15-26(16-14-25)38-20-19-35-17-9-6-10-18-35;/h5,7-8,11-16,21-22H,6,9-10,17-20,23H2,1-4H3;1H. The van der Waals surface area contributed by atoms with Gasteiger partial charge in [-0.25, -0.2) is 0 Å². The molecule has 3 aromatic rings. The van der Waals surface area contributed by atoms with Gasteiger partial charge in [-0.3, -0.25) is 9.69 Å². The number of nitrogens with zero attached hydrogens (tertiary/aromatic N) is 1. The number of ether oxygens (including phenoxy) is 4. The molecule has 41 heavy (non-hydrogen) atoms. The van der Waals surface area contributed by atoms with Crippen molar-refractivity contribution in [2.24, 2.45) is 5.41 Å². The lowest BCUT2D eigenvalue weighted by Gasteiger charge is -2.27. The van der Waals surface area contributed by atoms with Crippen LogP contribution >= 0.6 is 12.4 Å². The normalized spacial score (nSPS) is 15.3. The molecule has 2 heterocycles. The van der Waals surface area contributed by atoms with Gasteiger partial charge in [0.25, 0.3) is 0 Å². The van der Waals surface area contributed by atoms with E-state index in [1.165, 1.54) is 32.4 Å². The Morgan fingerprint density at radius 2 is 1.61 bits per heavy atom. The molecule has 0 amide bonds. The fraction of sp³-hybridized carbons (Fsp3) is 0.382. The van der Waals surface area contributed by atoms with Gasteiger partial charge in [0, 0.05) is 29.8 Å². The first-order chi connectivity index (χ1) is 19.3. The molecule has 2 aliphatic rings. The lowest BCUT2D eigenvalue weighted by molar-refractivity contribution is -0.143. The Balaban J connectivity index is 0.00000387. The number of methoxy groups -OCH3 is 1. The number of likely N-dealkylation sites (tertiary alicyclic amines) is 1. The van der Waals surface area contributed by atoms with E-state index in [9.17, 15) is 4.79 Å². The van der Waals surface area contributed by atoms with Gasteiger partial charge in [-0.15, -0.1) is 12.4 Å². The molecule has 0 bridgehead atoms. The van der Waals surface area contributed by atoms with Crippen molar-refractivity contribution >= 4 is 29.5 Å². The average molecular weight is 578 g/mol. The van der Waals surface area contributed by atoms with Crippen LogP contribution in [0.3, 0.4) is 0 Å². The Labute approximate surface area is 249 Å². The number of carbonyl (C=O) groups excluding carboxylic acids is 1. The van der Waals surface area contributed by atoms with E-state index >= 15 is 0 Å². The summed E-state index contributed by atoms with van der Waals surface area (Å²) in [4.78, 5) is 15.1. The van der Waals surface area contributed by atoms with Gasteiger partial charge in [0.05, 0.1) is 18.1 Å². The van der Waals surface area contributed by atoms with Crippen molar-refractivity contribution in [2.75, 3.05) is 40.0 Å². The summed E-state index contributed by atoms with van der Waals surface area (Å²) in [7, 11) is 1.62. The molecule has 218 valence electrons. The molecule has 0 spiro atoms. The van der Waals surface area contributed by atoms with E-state index < -0.39 is 5.41 Å². The average Bonchev–Trinajstić information content (AvgIpc) is 2.97. The number of hydrogen-bond acceptors (Lipinski definition) is 6. The highest BCUT2D eigenvalue weighted by Crippen LogP contribution is 2.47. The van der Waals surface area contributed by atoms with Crippen LogP contribution in [0.4, 0.5) is 0 Å². The molecule has 5 rings (SSSR count). The highest BCUT2D eigenvalue weighted by molar-refractivity contribution is 6.03. The number of piperidine rings is 1. The lowest BCUT2D eigenvalue weighted by Crippen LogP contribution is -2.33. The van der Waals surface area contributed by atoms with Crippen molar-refractivity contribution in [3.63, 3.8) is 0 Å². The van der Waals surface area contributed by atoms with E-state index in [2.05, 4.69) is 29.2 Å². The zero-order valence-corrected chi connectivity index (χ0v) is 25.2. The SMILES string of the molecule is COc1cc(OC(=O)C(C)(C)C)cc2c1C(c1ccc(OCCN3CCCCC3)cc1)=C(c1ccccc1)CO2.Cl. The van der Waals surface area contributed by atoms with E-state index in [0.29, 0.717) is 30.5 Å². The topological polar surface area (TPSA) is 57.2 Å². The molecule has 0 saturated carbocycles. The van der Waals surface area contributed by atoms with E-state index in [-0.39, 0.29) is 18.4 Å². The lowest BCUT2D eigenvalue weighted by atomic mass is 9.87. The van der Waals surface area contributed by atoms with Crippen LogP contribution in [0.25, 0.3) is 11.1 Å². The zero-order valence-electron chi connectivity index (χ0n) is 24.4. The summed E-state index contributed by atoms with van der Waals surface area (Å²) in [6.07, 6.45) is 3.90. The summed E-state index contributed by atoms with van der Waals surface area (Å²) in [6.45, 7) is 9.83. The van der Waals surface area contributed by atoms with Crippen molar-refractivity contribution in [1.29, 1.82) is 0 Å². The van der Waals surface area contributed by atoms with Crippen molar-refractivity contribution < 1.29 is 23.7 Å². The Morgan fingerprint density at radius 1 is 0.902 bits per heavy atom. The summed E-state index contributed by atoms with van der Waals surface area (Å²) < 4.78 is 23.9. The summed E-state index contributed by atoms with van der Waals surface area (Å²) in [5, 5.41) is 0. The third kappa shape index (κ3) is 7.24. The number of carbonyl (C=O) groups is 1. The van der Waals surface area contributed by atoms with Crippen LogP contribution in [0.2, 0.25) is 0 Å². The van der Waals surface area contributed by atoms with Crippen LogP contribution in [0.15, 0.2) is 66.7 Å². The summed E-state index contributed by atoms with van der Waals surface area (Å²) in [6, 6.07) is 22.0. The second-order valence-corrected chi connectivity index (χ2v) is 11.4. The van der Waals surface area contributed by atoms with Crippen LogP contribution in [0.5, 0.6) is 23.0 Å². The zero-order chi connectivity index (χ0) is 28.1. The van der Waals surface area contributed by atoms with Crippen LogP contribution in [-0.4, -0.2) is 50.8 Å². The fourth-order valence-corrected chi connectivity index (χ4v) is 5.16. The minimum atomic E-state index is -0.632. The quantitative estimate of drug-likeness (QED) is 0.207. The van der Waals surface area contributed by atoms with Crippen molar-refractivity contribution in [2.45, 2.75) is 40.0 Å². The van der Waals surface area contributed by atoms with Gasteiger partial charge in [-0.05, 0) is 70.0 Å². The third-order valence-electron chi connectivity index (χ3n) is 7.40. The van der Waals surface area contributed by atoms with Gasteiger partial charge in [0.15, 0.2) is 0 Å².